The summed E-state index contributed by atoms with van der Waals surface area (Å²) in [6.07, 6.45) is 2.88. The summed E-state index contributed by atoms with van der Waals surface area (Å²) >= 11 is 0. The fraction of sp³-hybridized carbons (Fsp3) is 0.536. The number of nitrogens with zero attached hydrogens (tertiary/aromatic N) is 2. The molecule has 1 saturated carbocycles. The first-order chi connectivity index (χ1) is 17.4. The summed E-state index contributed by atoms with van der Waals surface area (Å²) in [6, 6.07) is 10.0. The summed E-state index contributed by atoms with van der Waals surface area (Å²) < 4.78 is 10.8. The van der Waals surface area contributed by atoms with Crippen LogP contribution < -0.4 is 10.2 Å². The molecule has 0 radical (unpaired) electrons. The third kappa shape index (κ3) is 6.05. The van der Waals surface area contributed by atoms with Crippen LogP contribution in [0.4, 0.5) is 11.5 Å². The molecule has 3 N–H and O–H groups in total. The van der Waals surface area contributed by atoms with Crippen molar-refractivity contribution in [3.8, 4) is 11.1 Å². The van der Waals surface area contributed by atoms with E-state index in [1.165, 1.54) is 0 Å². The second-order valence-electron chi connectivity index (χ2n) is 9.88. The van der Waals surface area contributed by atoms with Crippen LogP contribution in [0.1, 0.15) is 62.5 Å². The van der Waals surface area contributed by atoms with Crippen molar-refractivity contribution in [2.45, 2.75) is 58.6 Å². The Morgan fingerprint density at radius 1 is 1.25 bits per heavy atom. The van der Waals surface area contributed by atoms with E-state index in [9.17, 15) is 9.90 Å². The molecule has 2 aromatic rings. The van der Waals surface area contributed by atoms with Gasteiger partial charge in [0.25, 0.3) is 0 Å². The van der Waals surface area contributed by atoms with E-state index in [1.54, 1.807) is 13.0 Å². The van der Waals surface area contributed by atoms with Gasteiger partial charge in [0, 0.05) is 36.1 Å². The Balaban J connectivity index is 1.79. The molecule has 0 bridgehead atoms. The van der Waals surface area contributed by atoms with Crippen molar-refractivity contribution < 1.29 is 19.4 Å². The van der Waals surface area contributed by atoms with E-state index < -0.39 is 5.97 Å². The summed E-state index contributed by atoms with van der Waals surface area (Å²) in [7, 11) is 0. The Morgan fingerprint density at radius 3 is 2.61 bits per heavy atom. The highest BCUT2D eigenvalue weighted by Crippen LogP contribution is 2.34. The van der Waals surface area contributed by atoms with Crippen molar-refractivity contribution in [2.24, 2.45) is 5.92 Å². The number of rotatable bonds is 8. The summed E-state index contributed by atoms with van der Waals surface area (Å²) in [4.78, 5) is 19.7. The number of pyridine rings is 1. The first-order valence-electron chi connectivity index (χ1n) is 13.1. The predicted molar refractivity (Wildman–Crippen MR) is 142 cm³/mol. The van der Waals surface area contributed by atoms with Crippen molar-refractivity contribution in [2.75, 3.05) is 43.1 Å². The number of ether oxygens (including phenoxy) is 2. The SMILES string of the molecule is CCOC(=O)c1cc(-c2ccc(N3CCOCC3)cc2)c(C(=N)C(C)C)c(N[C@@H]2CCC[C@H](O)C2)n1. The molecule has 1 aliphatic heterocycles. The van der Waals surface area contributed by atoms with E-state index in [4.69, 9.17) is 14.9 Å². The van der Waals surface area contributed by atoms with Crippen LogP contribution in [-0.2, 0) is 9.47 Å². The van der Waals surface area contributed by atoms with Crippen molar-refractivity contribution in [3.05, 3.63) is 41.6 Å². The molecule has 1 aliphatic carbocycles. The molecule has 2 aliphatic rings. The molecule has 1 aromatic heterocycles. The molecule has 4 rings (SSSR count). The highest BCUT2D eigenvalue weighted by Gasteiger charge is 2.26. The maximum atomic E-state index is 12.8. The highest BCUT2D eigenvalue weighted by molar-refractivity contribution is 6.10. The minimum absolute atomic E-state index is 0.0222. The number of aromatic nitrogens is 1. The molecule has 8 nitrogen and oxygen atoms in total. The molecule has 2 heterocycles. The zero-order valence-electron chi connectivity index (χ0n) is 21.5. The normalized spacial score (nSPS) is 20.3. The van der Waals surface area contributed by atoms with Crippen LogP contribution in [0.5, 0.6) is 0 Å². The molecular weight excluding hydrogens is 456 g/mol. The van der Waals surface area contributed by atoms with Crippen molar-refractivity contribution in [1.82, 2.24) is 4.98 Å². The third-order valence-electron chi connectivity index (χ3n) is 6.89. The number of esters is 1. The second kappa shape index (κ2) is 11.8. The Hall–Kier alpha value is -2.97. The van der Waals surface area contributed by atoms with Gasteiger partial charge in [-0.1, -0.05) is 26.0 Å². The molecule has 1 aromatic carbocycles. The highest BCUT2D eigenvalue weighted by atomic mass is 16.5. The van der Waals surface area contributed by atoms with Crippen molar-refractivity contribution in [1.29, 1.82) is 5.41 Å². The van der Waals surface area contributed by atoms with E-state index in [0.717, 1.165) is 62.4 Å². The molecule has 8 heteroatoms. The number of hydrogen-bond acceptors (Lipinski definition) is 8. The van der Waals surface area contributed by atoms with Crippen LogP contribution in [-0.4, -0.2) is 66.8 Å². The van der Waals surface area contributed by atoms with Gasteiger partial charge in [-0.15, -0.1) is 0 Å². The topological polar surface area (TPSA) is 108 Å². The van der Waals surface area contributed by atoms with Gasteiger partial charge in [-0.05, 0) is 67.9 Å². The van der Waals surface area contributed by atoms with Crippen LogP contribution in [0.15, 0.2) is 30.3 Å². The number of carbonyl (C=O) groups is 1. The number of aliphatic hydroxyl groups excluding tert-OH is 1. The molecule has 2 atom stereocenters. The molecule has 0 unspecified atom stereocenters. The maximum absolute atomic E-state index is 12.8. The predicted octanol–water partition coefficient (Wildman–Crippen LogP) is 4.50. The average molecular weight is 495 g/mol. The van der Waals surface area contributed by atoms with Crippen LogP contribution >= 0.6 is 0 Å². The Morgan fingerprint density at radius 2 is 1.97 bits per heavy atom. The van der Waals surface area contributed by atoms with Gasteiger partial charge in [0.15, 0.2) is 5.69 Å². The van der Waals surface area contributed by atoms with Gasteiger partial charge >= 0.3 is 5.97 Å². The Labute approximate surface area is 213 Å². The molecule has 1 saturated heterocycles. The lowest BCUT2D eigenvalue weighted by Crippen LogP contribution is -2.36. The fourth-order valence-electron chi connectivity index (χ4n) is 4.91. The van der Waals surface area contributed by atoms with Crippen LogP contribution in [0.25, 0.3) is 11.1 Å². The van der Waals surface area contributed by atoms with Crippen molar-refractivity contribution >= 4 is 23.2 Å². The lowest BCUT2D eigenvalue weighted by atomic mass is 9.90. The van der Waals surface area contributed by atoms with Gasteiger partial charge in [0.1, 0.15) is 5.82 Å². The summed E-state index contributed by atoms with van der Waals surface area (Å²) in [5, 5.41) is 22.7. The van der Waals surface area contributed by atoms with Gasteiger partial charge in [-0.2, -0.15) is 0 Å². The minimum atomic E-state index is -0.488. The summed E-state index contributed by atoms with van der Waals surface area (Å²) in [5.74, 6) is -0.0206. The number of morpholine rings is 1. The maximum Gasteiger partial charge on any atom is 0.357 e. The van der Waals surface area contributed by atoms with Gasteiger partial charge < -0.3 is 30.2 Å². The largest absolute Gasteiger partial charge is 0.461 e. The number of benzene rings is 1. The van der Waals surface area contributed by atoms with Gasteiger partial charge in [0.2, 0.25) is 0 Å². The van der Waals surface area contributed by atoms with E-state index in [2.05, 4.69) is 27.3 Å². The zero-order chi connectivity index (χ0) is 25.7. The first-order valence-corrected chi connectivity index (χ1v) is 13.1. The zero-order valence-corrected chi connectivity index (χ0v) is 21.5. The lowest BCUT2D eigenvalue weighted by Gasteiger charge is -2.29. The van der Waals surface area contributed by atoms with E-state index in [1.807, 2.05) is 26.0 Å². The Kier molecular flexibility index (Phi) is 8.59. The van der Waals surface area contributed by atoms with Crippen LogP contribution in [0, 0.1) is 11.3 Å². The van der Waals surface area contributed by atoms with Gasteiger partial charge in [-0.3, -0.25) is 0 Å². The second-order valence-corrected chi connectivity index (χ2v) is 9.88. The standard InChI is InChI=1S/C28H38N4O4/c1-4-36-28(34)24-17-23(19-8-10-21(11-9-19)32-12-14-35-15-13-32)25(26(29)18(2)3)27(31-24)30-20-6-5-7-22(33)16-20/h8-11,17-18,20,22,29,33H,4-7,12-16H2,1-3H3,(H,30,31)/t20-,22+/m1/s1. The fourth-order valence-corrected chi connectivity index (χ4v) is 4.91. The smallest absolute Gasteiger partial charge is 0.357 e. The molecule has 194 valence electrons. The quantitative estimate of drug-likeness (QED) is 0.366. The van der Waals surface area contributed by atoms with E-state index in [-0.39, 0.29) is 30.4 Å². The molecule has 2 fully saturated rings. The average Bonchev–Trinajstić information content (AvgIpc) is 2.88. The molecular formula is C28H38N4O4. The monoisotopic (exact) mass is 494 g/mol. The summed E-state index contributed by atoms with van der Waals surface area (Å²) in [6.45, 7) is 9.14. The molecule has 0 spiro atoms. The minimum Gasteiger partial charge on any atom is -0.461 e. The van der Waals surface area contributed by atoms with Crippen LogP contribution in [0.3, 0.4) is 0 Å². The lowest BCUT2D eigenvalue weighted by molar-refractivity contribution is 0.0519. The van der Waals surface area contributed by atoms with Crippen molar-refractivity contribution in [3.63, 3.8) is 0 Å². The molecule has 0 amide bonds. The van der Waals surface area contributed by atoms with E-state index >= 15 is 0 Å². The number of hydrogen-bond donors (Lipinski definition) is 3. The number of anilines is 2. The third-order valence-corrected chi connectivity index (χ3v) is 6.89. The molecule has 36 heavy (non-hydrogen) atoms. The number of carbonyl (C=O) groups excluding carboxylic acids is 1. The van der Waals surface area contributed by atoms with Gasteiger partial charge in [0.05, 0.1) is 25.9 Å². The first kappa shape index (κ1) is 26.1. The van der Waals surface area contributed by atoms with Crippen LogP contribution in [0.2, 0.25) is 0 Å². The summed E-state index contributed by atoms with van der Waals surface area (Å²) in [5.41, 5.74) is 4.16. The Bertz CT molecular complexity index is 1060. The number of aliphatic hydroxyl groups is 1. The van der Waals surface area contributed by atoms with Gasteiger partial charge in [-0.25, -0.2) is 9.78 Å². The number of nitrogens with one attached hydrogen (secondary N) is 2. The van der Waals surface area contributed by atoms with E-state index in [0.29, 0.717) is 23.5 Å².